The number of hydrogen-bond donors (Lipinski definition) is 1. The molecule has 0 bridgehead atoms. The molecular weight excluding hydrogens is 281 g/mol. The van der Waals surface area contributed by atoms with Crippen LogP contribution in [0.15, 0.2) is 48.5 Å². The summed E-state index contributed by atoms with van der Waals surface area (Å²) in [5.41, 5.74) is 2.04. The molecule has 0 amide bonds. The van der Waals surface area contributed by atoms with E-state index in [0.29, 0.717) is 6.54 Å². The van der Waals surface area contributed by atoms with Gasteiger partial charge in [0.2, 0.25) is 0 Å². The average molecular weight is 301 g/mol. The molecule has 1 heterocycles. The van der Waals surface area contributed by atoms with Crippen molar-refractivity contribution in [2.75, 3.05) is 11.9 Å². The SMILES string of the molecule is Fc1ccc(NCc2ccc(OC3CCCCO3)cc2)cc1. The minimum Gasteiger partial charge on any atom is -0.465 e. The van der Waals surface area contributed by atoms with Crippen LogP contribution in [-0.2, 0) is 11.3 Å². The van der Waals surface area contributed by atoms with Crippen molar-refractivity contribution in [2.24, 2.45) is 0 Å². The summed E-state index contributed by atoms with van der Waals surface area (Å²) in [6, 6.07) is 14.3. The molecule has 0 aromatic heterocycles. The van der Waals surface area contributed by atoms with Gasteiger partial charge in [0.25, 0.3) is 0 Å². The smallest absolute Gasteiger partial charge is 0.199 e. The Hall–Kier alpha value is -2.07. The Morgan fingerprint density at radius 3 is 2.50 bits per heavy atom. The van der Waals surface area contributed by atoms with E-state index in [1.54, 1.807) is 12.1 Å². The molecule has 0 saturated carbocycles. The van der Waals surface area contributed by atoms with Gasteiger partial charge in [-0.1, -0.05) is 12.1 Å². The van der Waals surface area contributed by atoms with Gasteiger partial charge >= 0.3 is 0 Å². The molecule has 2 aromatic rings. The minimum atomic E-state index is -0.225. The summed E-state index contributed by atoms with van der Waals surface area (Å²) in [6.45, 7) is 1.47. The van der Waals surface area contributed by atoms with E-state index in [0.717, 1.165) is 42.9 Å². The van der Waals surface area contributed by atoms with E-state index >= 15 is 0 Å². The van der Waals surface area contributed by atoms with Gasteiger partial charge in [-0.25, -0.2) is 4.39 Å². The summed E-state index contributed by atoms with van der Waals surface area (Å²) in [6.07, 6.45) is 3.11. The molecule has 22 heavy (non-hydrogen) atoms. The summed E-state index contributed by atoms with van der Waals surface area (Å²) in [5.74, 6) is 0.606. The second kappa shape index (κ2) is 7.27. The standard InChI is InChI=1S/C18H20FNO2/c19-15-6-8-16(9-7-15)20-13-14-4-10-17(11-5-14)22-18-3-1-2-12-21-18/h4-11,18,20H,1-3,12-13H2. The van der Waals surface area contributed by atoms with Crippen molar-refractivity contribution in [1.82, 2.24) is 0 Å². The molecule has 1 fully saturated rings. The lowest BCUT2D eigenvalue weighted by molar-refractivity contribution is -0.105. The fourth-order valence-corrected chi connectivity index (χ4v) is 2.41. The fourth-order valence-electron chi connectivity index (χ4n) is 2.41. The van der Waals surface area contributed by atoms with Crippen LogP contribution in [0.2, 0.25) is 0 Å². The van der Waals surface area contributed by atoms with Gasteiger partial charge in [-0.15, -0.1) is 0 Å². The zero-order chi connectivity index (χ0) is 15.2. The molecule has 116 valence electrons. The summed E-state index contributed by atoms with van der Waals surface area (Å²) >= 11 is 0. The van der Waals surface area contributed by atoms with Crippen LogP contribution in [0, 0.1) is 5.82 Å². The maximum atomic E-state index is 12.8. The van der Waals surface area contributed by atoms with Crippen LogP contribution in [0.4, 0.5) is 10.1 Å². The van der Waals surface area contributed by atoms with E-state index in [2.05, 4.69) is 5.32 Å². The summed E-state index contributed by atoms with van der Waals surface area (Å²) in [7, 11) is 0. The highest BCUT2D eigenvalue weighted by Gasteiger charge is 2.14. The van der Waals surface area contributed by atoms with Gasteiger partial charge in [0.15, 0.2) is 6.29 Å². The van der Waals surface area contributed by atoms with Crippen molar-refractivity contribution in [1.29, 1.82) is 0 Å². The number of ether oxygens (including phenoxy) is 2. The van der Waals surface area contributed by atoms with Crippen molar-refractivity contribution in [2.45, 2.75) is 32.1 Å². The van der Waals surface area contributed by atoms with Gasteiger partial charge in [0, 0.05) is 18.7 Å². The Balaban J connectivity index is 1.51. The van der Waals surface area contributed by atoms with Gasteiger partial charge in [-0.2, -0.15) is 0 Å². The Morgan fingerprint density at radius 2 is 1.82 bits per heavy atom. The highest BCUT2D eigenvalue weighted by molar-refractivity contribution is 5.43. The van der Waals surface area contributed by atoms with Crippen molar-refractivity contribution in [3.63, 3.8) is 0 Å². The monoisotopic (exact) mass is 301 g/mol. The van der Waals surface area contributed by atoms with Crippen molar-refractivity contribution >= 4 is 5.69 Å². The number of anilines is 1. The van der Waals surface area contributed by atoms with E-state index in [-0.39, 0.29) is 12.1 Å². The Bertz CT molecular complexity index is 577. The van der Waals surface area contributed by atoms with E-state index < -0.39 is 0 Å². The highest BCUT2D eigenvalue weighted by atomic mass is 19.1. The molecule has 1 saturated heterocycles. The second-order valence-electron chi connectivity index (χ2n) is 5.42. The van der Waals surface area contributed by atoms with Crippen LogP contribution in [0.5, 0.6) is 5.75 Å². The van der Waals surface area contributed by atoms with Gasteiger partial charge < -0.3 is 14.8 Å². The molecule has 1 aliphatic rings. The van der Waals surface area contributed by atoms with Crippen molar-refractivity contribution < 1.29 is 13.9 Å². The van der Waals surface area contributed by atoms with E-state index in [1.807, 2.05) is 24.3 Å². The summed E-state index contributed by atoms with van der Waals surface area (Å²) < 4.78 is 24.2. The topological polar surface area (TPSA) is 30.5 Å². The fraction of sp³-hybridized carbons (Fsp3) is 0.333. The van der Waals surface area contributed by atoms with Crippen molar-refractivity contribution in [3.8, 4) is 5.75 Å². The van der Waals surface area contributed by atoms with Crippen LogP contribution < -0.4 is 10.1 Å². The van der Waals surface area contributed by atoms with Crippen LogP contribution >= 0.6 is 0 Å². The third kappa shape index (κ3) is 4.21. The van der Waals surface area contributed by atoms with Crippen LogP contribution in [-0.4, -0.2) is 12.9 Å². The number of nitrogens with one attached hydrogen (secondary N) is 1. The van der Waals surface area contributed by atoms with Gasteiger partial charge in [0.1, 0.15) is 11.6 Å². The molecule has 0 radical (unpaired) electrons. The lowest BCUT2D eigenvalue weighted by atomic mass is 10.2. The Morgan fingerprint density at radius 1 is 1.05 bits per heavy atom. The van der Waals surface area contributed by atoms with Gasteiger partial charge in [-0.3, -0.25) is 0 Å². The maximum absolute atomic E-state index is 12.8. The van der Waals surface area contributed by atoms with E-state index in [9.17, 15) is 4.39 Å². The lowest BCUT2D eigenvalue weighted by Crippen LogP contribution is -2.24. The van der Waals surface area contributed by atoms with Gasteiger partial charge in [0.05, 0.1) is 6.61 Å². The molecule has 3 nitrogen and oxygen atoms in total. The first-order valence-electron chi connectivity index (χ1n) is 7.66. The minimum absolute atomic E-state index is 0.114. The molecule has 1 aliphatic heterocycles. The first-order chi connectivity index (χ1) is 10.8. The Labute approximate surface area is 130 Å². The lowest BCUT2D eigenvalue weighted by Gasteiger charge is -2.23. The Kier molecular flexibility index (Phi) is 4.91. The average Bonchev–Trinajstić information content (AvgIpc) is 2.57. The molecule has 3 rings (SSSR count). The van der Waals surface area contributed by atoms with E-state index in [1.165, 1.54) is 12.1 Å². The summed E-state index contributed by atoms with van der Waals surface area (Å²) in [5, 5.41) is 3.26. The van der Waals surface area contributed by atoms with E-state index in [4.69, 9.17) is 9.47 Å². The molecule has 0 aliphatic carbocycles. The quantitative estimate of drug-likeness (QED) is 0.891. The summed E-state index contributed by atoms with van der Waals surface area (Å²) in [4.78, 5) is 0. The number of benzene rings is 2. The molecule has 1 N–H and O–H groups in total. The largest absolute Gasteiger partial charge is 0.465 e. The number of halogens is 1. The normalized spacial score (nSPS) is 18.0. The first-order valence-corrected chi connectivity index (χ1v) is 7.66. The van der Waals surface area contributed by atoms with Crippen LogP contribution in [0.1, 0.15) is 24.8 Å². The number of rotatable bonds is 5. The number of hydrogen-bond acceptors (Lipinski definition) is 3. The maximum Gasteiger partial charge on any atom is 0.199 e. The molecule has 0 spiro atoms. The van der Waals surface area contributed by atoms with Crippen molar-refractivity contribution in [3.05, 3.63) is 59.9 Å². The van der Waals surface area contributed by atoms with Gasteiger partial charge in [-0.05, 0) is 54.8 Å². The zero-order valence-corrected chi connectivity index (χ0v) is 12.4. The molecule has 4 heteroatoms. The zero-order valence-electron chi connectivity index (χ0n) is 12.4. The van der Waals surface area contributed by atoms with Crippen LogP contribution in [0.25, 0.3) is 0 Å². The van der Waals surface area contributed by atoms with Crippen LogP contribution in [0.3, 0.4) is 0 Å². The molecular formula is C18H20FNO2. The molecule has 1 unspecified atom stereocenters. The predicted octanol–water partition coefficient (Wildman–Crippen LogP) is 4.34. The third-order valence-corrected chi connectivity index (χ3v) is 3.67. The molecule has 1 atom stereocenters. The highest BCUT2D eigenvalue weighted by Crippen LogP contribution is 2.20. The first kappa shape index (κ1) is 14.9. The molecule has 2 aromatic carbocycles. The predicted molar refractivity (Wildman–Crippen MR) is 84.4 cm³/mol. The second-order valence-corrected chi connectivity index (χ2v) is 5.42. The third-order valence-electron chi connectivity index (χ3n) is 3.67.